The highest BCUT2D eigenvalue weighted by molar-refractivity contribution is 5.81. The molecule has 0 amide bonds. The average Bonchev–Trinajstić information content (AvgIpc) is 3.14. The monoisotopic (exact) mass is 269 g/mol. The molecule has 20 heavy (non-hydrogen) atoms. The first kappa shape index (κ1) is 11.7. The molecule has 1 atom stereocenters. The Morgan fingerprint density at radius 2 is 2.15 bits per heavy atom. The summed E-state index contributed by atoms with van der Waals surface area (Å²) < 4.78 is 11.1. The first-order valence-electron chi connectivity index (χ1n) is 6.96. The third-order valence-electron chi connectivity index (χ3n) is 3.70. The number of nitrogens with zero attached hydrogens (tertiary/aromatic N) is 2. The number of rotatable bonds is 2. The predicted octanol–water partition coefficient (Wildman–Crippen LogP) is 3.30. The molecular formula is C15H15N3O2. The van der Waals surface area contributed by atoms with E-state index in [0.29, 0.717) is 11.7 Å². The second-order valence-corrected chi connectivity index (χ2v) is 5.11. The number of para-hydroxylation sites is 1. The summed E-state index contributed by atoms with van der Waals surface area (Å²) >= 11 is 0. The molecule has 0 aliphatic carbocycles. The van der Waals surface area contributed by atoms with Gasteiger partial charge in [0, 0.05) is 5.39 Å². The van der Waals surface area contributed by atoms with Crippen LogP contribution in [0.25, 0.3) is 22.6 Å². The molecule has 3 heterocycles. The molecule has 102 valence electrons. The molecule has 3 aromatic rings. The van der Waals surface area contributed by atoms with E-state index in [-0.39, 0.29) is 6.04 Å². The highest BCUT2D eigenvalue weighted by atomic mass is 16.5. The van der Waals surface area contributed by atoms with Crippen LogP contribution in [-0.4, -0.2) is 16.7 Å². The lowest BCUT2D eigenvalue weighted by molar-refractivity contribution is 0.364. The number of fused-ring (bicyclic) bond motifs is 1. The zero-order chi connectivity index (χ0) is 13.4. The van der Waals surface area contributed by atoms with Crippen molar-refractivity contribution in [1.29, 1.82) is 0 Å². The zero-order valence-corrected chi connectivity index (χ0v) is 11.0. The first-order chi connectivity index (χ1) is 9.90. The van der Waals surface area contributed by atoms with Crippen molar-refractivity contribution in [2.24, 2.45) is 0 Å². The summed E-state index contributed by atoms with van der Waals surface area (Å²) in [5.41, 5.74) is 0.832. The Morgan fingerprint density at radius 1 is 1.20 bits per heavy atom. The van der Waals surface area contributed by atoms with Gasteiger partial charge >= 0.3 is 0 Å². The maximum absolute atomic E-state index is 5.74. The van der Waals surface area contributed by atoms with Gasteiger partial charge in [-0.2, -0.15) is 4.98 Å². The fourth-order valence-electron chi connectivity index (χ4n) is 2.64. The predicted molar refractivity (Wildman–Crippen MR) is 74.1 cm³/mol. The fraction of sp³-hybridized carbons (Fsp3) is 0.333. The molecular weight excluding hydrogens is 254 g/mol. The van der Waals surface area contributed by atoms with E-state index in [0.717, 1.165) is 29.8 Å². The molecule has 0 radical (unpaired) electrons. The number of hydrogen-bond acceptors (Lipinski definition) is 5. The third-order valence-corrected chi connectivity index (χ3v) is 3.70. The molecule has 4 rings (SSSR count). The van der Waals surface area contributed by atoms with Gasteiger partial charge < -0.3 is 14.3 Å². The summed E-state index contributed by atoms with van der Waals surface area (Å²) in [6.07, 6.45) is 3.47. The second-order valence-electron chi connectivity index (χ2n) is 5.11. The van der Waals surface area contributed by atoms with Gasteiger partial charge in [-0.3, -0.25) is 0 Å². The van der Waals surface area contributed by atoms with Crippen molar-refractivity contribution in [3.8, 4) is 11.7 Å². The summed E-state index contributed by atoms with van der Waals surface area (Å²) in [5.74, 6) is 1.80. The van der Waals surface area contributed by atoms with E-state index in [1.165, 1.54) is 12.8 Å². The Kier molecular flexibility index (Phi) is 2.77. The van der Waals surface area contributed by atoms with Crippen LogP contribution in [-0.2, 0) is 0 Å². The second kappa shape index (κ2) is 4.76. The minimum absolute atomic E-state index is 0.200. The normalized spacial score (nSPS) is 19.5. The lowest BCUT2D eigenvalue weighted by atomic mass is 10.0. The van der Waals surface area contributed by atoms with E-state index in [2.05, 4.69) is 15.5 Å². The molecule has 1 saturated heterocycles. The summed E-state index contributed by atoms with van der Waals surface area (Å²) in [4.78, 5) is 4.47. The smallest absolute Gasteiger partial charge is 0.293 e. The van der Waals surface area contributed by atoms with Crippen LogP contribution in [0.5, 0.6) is 0 Å². The Morgan fingerprint density at radius 3 is 3.00 bits per heavy atom. The van der Waals surface area contributed by atoms with Gasteiger partial charge in [-0.25, -0.2) is 0 Å². The fourth-order valence-corrected chi connectivity index (χ4v) is 2.64. The molecule has 1 N–H and O–H groups in total. The van der Waals surface area contributed by atoms with Crippen LogP contribution < -0.4 is 5.32 Å². The zero-order valence-electron chi connectivity index (χ0n) is 11.0. The first-order valence-corrected chi connectivity index (χ1v) is 6.96. The average molecular weight is 269 g/mol. The third kappa shape index (κ3) is 2.00. The quantitative estimate of drug-likeness (QED) is 0.773. The lowest BCUT2D eigenvalue weighted by Crippen LogP contribution is -2.27. The Labute approximate surface area is 116 Å². The van der Waals surface area contributed by atoms with Gasteiger partial charge in [-0.05, 0) is 31.5 Å². The van der Waals surface area contributed by atoms with E-state index in [9.17, 15) is 0 Å². The number of benzene rings is 1. The molecule has 0 saturated carbocycles. The molecule has 0 bridgehead atoms. The molecule has 0 spiro atoms. The summed E-state index contributed by atoms with van der Waals surface area (Å²) in [6.45, 7) is 1.01. The maximum atomic E-state index is 5.74. The van der Waals surface area contributed by atoms with Crippen LogP contribution in [0.15, 0.2) is 39.3 Å². The minimum Gasteiger partial charge on any atom is -0.451 e. The van der Waals surface area contributed by atoms with E-state index in [1.807, 2.05) is 30.3 Å². The Balaban J connectivity index is 1.66. The van der Waals surface area contributed by atoms with Gasteiger partial charge in [0.15, 0.2) is 11.6 Å². The molecule has 1 aliphatic heterocycles. The summed E-state index contributed by atoms with van der Waals surface area (Å²) in [6, 6.07) is 9.99. The number of hydrogen-bond donors (Lipinski definition) is 1. The summed E-state index contributed by atoms with van der Waals surface area (Å²) in [7, 11) is 0. The van der Waals surface area contributed by atoms with Crippen LogP contribution in [0.2, 0.25) is 0 Å². The van der Waals surface area contributed by atoms with Crippen molar-refractivity contribution in [2.45, 2.75) is 25.3 Å². The van der Waals surface area contributed by atoms with Crippen molar-refractivity contribution in [3.05, 3.63) is 36.2 Å². The molecule has 1 unspecified atom stereocenters. The van der Waals surface area contributed by atoms with E-state index in [1.54, 1.807) is 0 Å². The van der Waals surface area contributed by atoms with Crippen LogP contribution in [0.3, 0.4) is 0 Å². The van der Waals surface area contributed by atoms with E-state index in [4.69, 9.17) is 8.94 Å². The molecule has 1 aromatic carbocycles. The number of piperidine rings is 1. The molecule has 5 nitrogen and oxygen atoms in total. The van der Waals surface area contributed by atoms with Crippen molar-refractivity contribution >= 4 is 11.0 Å². The molecule has 5 heteroatoms. The highest BCUT2D eigenvalue weighted by Gasteiger charge is 2.22. The van der Waals surface area contributed by atoms with Crippen molar-refractivity contribution in [1.82, 2.24) is 15.5 Å². The lowest BCUT2D eigenvalue weighted by Gasteiger charge is -2.19. The molecule has 2 aromatic heterocycles. The number of aromatic nitrogens is 2. The van der Waals surface area contributed by atoms with Gasteiger partial charge in [-0.1, -0.05) is 29.8 Å². The molecule has 1 aliphatic rings. The van der Waals surface area contributed by atoms with Crippen LogP contribution in [0, 0.1) is 0 Å². The Hall–Kier alpha value is -2.14. The van der Waals surface area contributed by atoms with Gasteiger partial charge in [0.25, 0.3) is 5.89 Å². The van der Waals surface area contributed by atoms with Gasteiger partial charge in [-0.15, -0.1) is 0 Å². The van der Waals surface area contributed by atoms with Gasteiger partial charge in [0.2, 0.25) is 0 Å². The van der Waals surface area contributed by atoms with E-state index >= 15 is 0 Å². The van der Waals surface area contributed by atoms with Crippen molar-refractivity contribution < 1.29 is 8.94 Å². The highest BCUT2D eigenvalue weighted by Crippen LogP contribution is 2.28. The standard InChI is InChI=1S/C15H15N3O2/c1-2-7-12-10(5-1)9-13(19-12)15-17-14(18-20-15)11-6-3-4-8-16-11/h1-2,5,7,9,11,16H,3-4,6,8H2. The van der Waals surface area contributed by atoms with Gasteiger partial charge in [0.05, 0.1) is 6.04 Å². The maximum Gasteiger partial charge on any atom is 0.293 e. The topological polar surface area (TPSA) is 64.1 Å². The van der Waals surface area contributed by atoms with Crippen molar-refractivity contribution in [3.63, 3.8) is 0 Å². The van der Waals surface area contributed by atoms with Gasteiger partial charge in [0.1, 0.15) is 5.58 Å². The van der Waals surface area contributed by atoms with Crippen LogP contribution in [0.4, 0.5) is 0 Å². The van der Waals surface area contributed by atoms with Crippen molar-refractivity contribution in [2.75, 3.05) is 6.54 Å². The largest absolute Gasteiger partial charge is 0.451 e. The SMILES string of the molecule is c1ccc2oc(-c3nc(C4CCCCN4)no3)cc2c1. The van der Waals surface area contributed by atoms with Crippen LogP contribution in [0.1, 0.15) is 31.1 Å². The minimum atomic E-state index is 0.200. The van der Waals surface area contributed by atoms with Crippen LogP contribution >= 0.6 is 0 Å². The molecule has 1 fully saturated rings. The Bertz CT molecular complexity index is 692. The summed E-state index contributed by atoms with van der Waals surface area (Å²) in [5, 5.41) is 8.53. The number of nitrogens with one attached hydrogen (secondary N) is 1. The van der Waals surface area contributed by atoms with E-state index < -0.39 is 0 Å². The number of furan rings is 1.